The molecule has 2 aromatic carbocycles. The minimum atomic E-state index is -3.77. The molecule has 30 heavy (non-hydrogen) atoms. The molecule has 0 radical (unpaired) electrons. The second-order valence-corrected chi connectivity index (χ2v) is 8.74. The quantitative estimate of drug-likeness (QED) is 0.396. The van der Waals surface area contributed by atoms with Crippen molar-refractivity contribution in [3.05, 3.63) is 88.6 Å². The third kappa shape index (κ3) is 5.38. The highest BCUT2D eigenvalue weighted by Gasteiger charge is 2.12. The lowest BCUT2D eigenvalue weighted by Crippen LogP contribution is -2.12. The highest BCUT2D eigenvalue weighted by atomic mass is 32.2. The number of primary sulfonamides is 1. The maximum atomic E-state index is 11.5. The van der Waals surface area contributed by atoms with Crippen molar-refractivity contribution in [2.45, 2.75) is 11.3 Å². The Labute approximate surface area is 177 Å². The first kappa shape index (κ1) is 21.4. The number of thiazole rings is 1. The van der Waals surface area contributed by atoms with Gasteiger partial charge in [0.1, 0.15) is 5.69 Å². The third-order valence-electron chi connectivity index (χ3n) is 4.16. The SMILES string of the molecule is N=C(/C(=C\Nc1nc(C(N)=O)cs1)Cc1ccc(S(N)(=O)=O)cc1)c1ccccc1. The van der Waals surface area contributed by atoms with Gasteiger partial charge < -0.3 is 11.1 Å². The summed E-state index contributed by atoms with van der Waals surface area (Å²) in [5.74, 6) is -0.615. The lowest BCUT2D eigenvalue weighted by molar-refractivity contribution is 0.0996. The van der Waals surface area contributed by atoms with E-state index in [1.807, 2.05) is 30.3 Å². The second kappa shape index (κ2) is 8.99. The summed E-state index contributed by atoms with van der Waals surface area (Å²) < 4.78 is 22.9. The molecular weight excluding hydrogens is 422 g/mol. The summed E-state index contributed by atoms with van der Waals surface area (Å²) in [6, 6.07) is 15.4. The summed E-state index contributed by atoms with van der Waals surface area (Å²) in [5.41, 5.74) is 7.85. The number of aromatic nitrogens is 1. The summed E-state index contributed by atoms with van der Waals surface area (Å²) in [7, 11) is -3.77. The van der Waals surface area contributed by atoms with Crippen LogP contribution in [0.5, 0.6) is 0 Å². The van der Waals surface area contributed by atoms with Gasteiger partial charge in [-0.05, 0) is 28.8 Å². The maximum absolute atomic E-state index is 11.5. The normalized spacial score (nSPS) is 11.8. The van der Waals surface area contributed by atoms with Crippen LogP contribution in [0.2, 0.25) is 0 Å². The summed E-state index contributed by atoms with van der Waals surface area (Å²) in [6.45, 7) is 0. The predicted octanol–water partition coefficient (Wildman–Crippen LogP) is 2.50. The number of nitrogens with two attached hydrogens (primary N) is 2. The first-order valence-electron chi connectivity index (χ1n) is 8.71. The van der Waals surface area contributed by atoms with Gasteiger partial charge in [-0.25, -0.2) is 18.5 Å². The van der Waals surface area contributed by atoms with Crippen LogP contribution in [0.15, 0.2) is 76.6 Å². The van der Waals surface area contributed by atoms with Crippen molar-refractivity contribution in [3.63, 3.8) is 0 Å². The second-order valence-electron chi connectivity index (χ2n) is 6.32. The summed E-state index contributed by atoms with van der Waals surface area (Å²) in [4.78, 5) is 15.3. The number of rotatable bonds is 8. The zero-order valence-electron chi connectivity index (χ0n) is 15.7. The fourth-order valence-corrected chi connectivity index (χ4v) is 3.81. The van der Waals surface area contributed by atoms with Gasteiger partial charge in [0.25, 0.3) is 5.91 Å². The van der Waals surface area contributed by atoms with E-state index in [1.165, 1.54) is 23.5 Å². The molecule has 3 rings (SSSR count). The Bertz CT molecular complexity index is 1200. The largest absolute Gasteiger partial charge is 0.364 e. The first-order chi connectivity index (χ1) is 14.2. The van der Waals surface area contributed by atoms with Gasteiger partial charge in [-0.1, -0.05) is 42.5 Å². The number of anilines is 1. The van der Waals surface area contributed by atoms with Crippen molar-refractivity contribution in [3.8, 4) is 0 Å². The molecular formula is C20H19N5O3S2. The van der Waals surface area contributed by atoms with Crippen molar-refractivity contribution in [1.29, 1.82) is 5.41 Å². The van der Waals surface area contributed by atoms with E-state index >= 15 is 0 Å². The Hall–Kier alpha value is -3.34. The van der Waals surface area contributed by atoms with Gasteiger partial charge in [0, 0.05) is 18.0 Å². The topological polar surface area (TPSA) is 152 Å². The van der Waals surface area contributed by atoms with Crippen LogP contribution in [-0.2, 0) is 16.4 Å². The Morgan fingerprint density at radius 1 is 1.13 bits per heavy atom. The number of benzene rings is 2. The number of carbonyl (C=O) groups is 1. The monoisotopic (exact) mass is 441 g/mol. The van der Waals surface area contributed by atoms with E-state index in [0.717, 1.165) is 11.1 Å². The van der Waals surface area contributed by atoms with Crippen LogP contribution >= 0.6 is 11.3 Å². The molecule has 154 valence electrons. The van der Waals surface area contributed by atoms with E-state index in [-0.39, 0.29) is 10.6 Å². The Balaban J connectivity index is 1.88. The van der Waals surface area contributed by atoms with E-state index in [0.29, 0.717) is 22.8 Å². The molecule has 1 aromatic heterocycles. The van der Waals surface area contributed by atoms with Crippen molar-refractivity contribution >= 4 is 38.1 Å². The van der Waals surface area contributed by atoms with Crippen molar-refractivity contribution < 1.29 is 13.2 Å². The van der Waals surface area contributed by atoms with Crippen LogP contribution in [0.3, 0.4) is 0 Å². The molecule has 0 unspecified atom stereocenters. The number of hydrogen-bond donors (Lipinski definition) is 4. The Morgan fingerprint density at radius 2 is 1.80 bits per heavy atom. The molecule has 10 heteroatoms. The zero-order chi connectivity index (χ0) is 21.7. The van der Waals surface area contributed by atoms with Gasteiger partial charge in [-0.2, -0.15) is 0 Å². The molecule has 0 saturated carbocycles. The standard InChI is InChI=1S/C20H19N5O3S2/c21-18(14-4-2-1-3-5-14)15(11-24-20-25-17(12-29-20)19(22)26)10-13-6-8-16(9-7-13)30(23,27)28/h1-9,11-12,21H,10H2,(H2,22,26)(H,24,25)(H2,23,27,28)/b15-11-,21-18?. The molecule has 0 aliphatic heterocycles. The van der Waals surface area contributed by atoms with E-state index < -0.39 is 15.9 Å². The first-order valence-corrected chi connectivity index (χ1v) is 11.1. The molecule has 0 aliphatic rings. The molecule has 6 N–H and O–H groups in total. The fraction of sp³-hybridized carbons (Fsp3) is 0.0500. The van der Waals surface area contributed by atoms with Gasteiger partial charge in [-0.15, -0.1) is 11.3 Å². The molecule has 0 atom stereocenters. The number of carbonyl (C=O) groups excluding carboxylic acids is 1. The van der Waals surface area contributed by atoms with Crippen molar-refractivity contribution in [2.24, 2.45) is 10.9 Å². The Morgan fingerprint density at radius 3 is 2.37 bits per heavy atom. The van der Waals surface area contributed by atoms with Crippen LogP contribution in [0.4, 0.5) is 5.13 Å². The summed E-state index contributed by atoms with van der Waals surface area (Å²) >= 11 is 1.22. The number of hydrogen-bond acceptors (Lipinski definition) is 7. The number of nitrogens with one attached hydrogen (secondary N) is 2. The van der Waals surface area contributed by atoms with Crippen LogP contribution < -0.4 is 16.2 Å². The number of nitrogens with zero attached hydrogens (tertiary/aromatic N) is 1. The number of primary amides is 1. The summed E-state index contributed by atoms with van der Waals surface area (Å²) in [5, 5.41) is 18.8. The molecule has 8 nitrogen and oxygen atoms in total. The van der Waals surface area contributed by atoms with Crippen LogP contribution in [-0.4, -0.2) is 25.0 Å². The van der Waals surface area contributed by atoms with E-state index in [4.69, 9.17) is 16.3 Å². The third-order valence-corrected chi connectivity index (χ3v) is 5.86. The molecule has 3 aromatic rings. The highest BCUT2D eigenvalue weighted by Crippen LogP contribution is 2.19. The minimum Gasteiger partial charge on any atom is -0.364 e. The maximum Gasteiger partial charge on any atom is 0.268 e. The molecule has 1 amide bonds. The lowest BCUT2D eigenvalue weighted by Gasteiger charge is -2.11. The van der Waals surface area contributed by atoms with Crippen LogP contribution in [0.25, 0.3) is 0 Å². The van der Waals surface area contributed by atoms with Crippen LogP contribution in [0, 0.1) is 5.41 Å². The van der Waals surface area contributed by atoms with Gasteiger partial charge in [-0.3, -0.25) is 10.2 Å². The van der Waals surface area contributed by atoms with Gasteiger partial charge >= 0.3 is 0 Å². The number of amides is 1. The highest BCUT2D eigenvalue weighted by molar-refractivity contribution is 7.89. The van der Waals surface area contributed by atoms with Crippen molar-refractivity contribution in [2.75, 3.05) is 5.32 Å². The average Bonchev–Trinajstić information content (AvgIpc) is 3.20. The Kier molecular flexibility index (Phi) is 6.40. The average molecular weight is 442 g/mol. The zero-order valence-corrected chi connectivity index (χ0v) is 17.3. The van der Waals surface area contributed by atoms with Gasteiger partial charge in [0.2, 0.25) is 10.0 Å². The van der Waals surface area contributed by atoms with Crippen LogP contribution in [0.1, 0.15) is 21.6 Å². The molecule has 0 fully saturated rings. The van der Waals surface area contributed by atoms with E-state index in [1.54, 1.807) is 23.7 Å². The fourth-order valence-electron chi connectivity index (χ4n) is 2.62. The molecule has 0 aliphatic carbocycles. The molecule has 0 saturated heterocycles. The smallest absolute Gasteiger partial charge is 0.268 e. The van der Waals surface area contributed by atoms with Gasteiger partial charge in [0.05, 0.1) is 10.6 Å². The molecule has 1 heterocycles. The molecule has 0 bridgehead atoms. The van der Waals surface area contributed by atoms with Crippen molar-refractivity contribution in [1.82, 2.24) is 4.98 Å². The van der Waals surface area contributed by atoms with E-state index in [9.17, 15) is 13.2 Å². The van der Waals surface area contributed by atoms with E-state index in [2.05, 4.69) is 10.3 Å². The number of allylic oxidation sites excluding steroid dienone is 1. The molecule has 0 spiro atoms. The predicted molar refractivity (Wildman–Crippen MR) is 117 cm³/mol. The number of sulfonamides is 1. The van der Waals surface area contributed by atoms with Gasteiger partial charge in [0.15, 0.2) is 5.13 Å². The lowest BCUT2D eigenvalue weighted by atomic mass is 9.97. The summed E-state index contributed by atoms with van der Waals surface area (Å²) in [6.07, 6.45) is 2.01. The minimum absolute atomic E-state index is 0.0230.